The molecule has 1 aromatic rings. The van der Waals surface area contributed by atoms with Gasteiger partial charge in [-0.2, -0.15) is 0 Å². The maximum Gasteiger partial charge on any atom is 0.231 e. The molecule has 0 aliphatic carbocycles. The number of rotatable bonds is 4. The van der Waals surface area contributed by atoms with Gasteiger partial charge in [-0.25, -0.2) is 0 Å². The van der Waals surface area contributed by atoms with Crippen molar-refractivity contribution in [2.45, 2.75) is 12.8 Å². The number of benzene rings is 1. The van der Waals surface area contributed by atoms with Gasteiger partial charge in [-0.15, -0.1) is 0 Å². The molecule has 2 rings (SSSR count). The van der Waals surface area contributed by atoms with E-state index < -0.39 is 0 Å². The van der Waals surface area contributed by atoms with E-state index in [1.165, 1.54) is 5.56 Å². The predicted molar refractivity (Wildman–Crippen MR) is 68.9 cm³/mol. The molecule has 0 unspecified atom stereocenters. The van der Waals surface area contributed by atoms with Crippen LogP contribution in [-0.4, -0.2) is 38.1 Å². The van der Waals surface area contributed by atoms with Gasteiger partial charge in [-0.3, -0.25) is 9.69 Å². The first-order valence-corrected chi connectivity index (χ1v) is 5.89. The largest absolute Gasteiger partial charge is 0.318 e. The highest BCUT2D eigenvalue weighted by Crippen LogP contribution is 2.28. The Hall–Kier alpha value is -1.39. The monoisotopic (exact) mass is 233 g/mol. The highest BCUT2D eigenvalue weighted by Gasteiger charge is 2.23. The fourth-order valence-corrected chi connectivity index (χ4v) is 2.09. The molecule has 1 aliphatic heterocycles. The van der Waals surface area contributed by atoms with Crippen molar-refractivity contribution in [3.63, 3.8) is 0 Å². The quantitative estimate of drug-likeness (QED) is 0.775. The Labute approximate surface area is 102 Å². The molecule has 0 saturated heterocycles. The summed E-state index contributed by atoms with van der Waals surface area (Å²) in [6, 6.07) is 6.28. The van der Waals surface area contributed by atoms with Gasteiger partial charge in [0, 0.05) is 25.9 Å². The van der Waals surface area contributed by atoms with E-state index in [2.05, 4.69) is 17.0 Å². The van der Waals surface area contributed by atoms with Crippen LogP contribution >= 0.6 is 0 Å². The molecular formula is C13H19N3O. The van der Waals surface area contributed by atoms with Crippen molar-refractivity contribution in [1.29, 1.82) is 0 Å². The van der Waals surface area contributed by atoms with Crippen LogP contribution in [0.1, 0.15) is 11.1 Å². The van der Waals surface area contributed by atoms with Crippen molar-refractivity contribution >= 4 is 11.6 Å². The van der Waals surface area contributed by atoms with Gasteiger partial charge in [0.1, 0.15) is 0 Å². The number of nitrogens with zero attached hydrogens (tertiary/aromatic N) is 2. The molecular weight excluding hydrogens is 214 g/mol. The third-order valence-electron chi connectivity index (χ3n) is 3.31. The fourth-order valence-electron chi connectivity index (χ4n) is 2.09. The van der Waals surface area contributed by atoms with E-state index in [0.29, 0.717) is 13.1 Å². The molecule has 0 spiro atoms. The van der Waals surface area contributed by atoms with Gasteiger partial charge in [0.25, 0.3) is 0 Å². The summed E-state index contributed by atoms with van der Waals surface area (Å²) in [6.45, 7) is 1.52. The minimum Gasteiger partial charge on any atom is -0.318 e. The molecule has 0 atom stereocenters. The smallest absolute Gasteiger partial charge is 0.231 e. The van der Waals surface area contributed by atoms with E-state index in [9.17, 15) is 4.79 Å². The molecule has 92 valence electrons. The van der Waals surface area contributed by atoms with Gasteiger partial charge in [-0.05, 0) is 30.7 Å². The molecule has 2 N–H and O–H groups in total. The van der Waals surface area contributed by atoms with E-state index in [-0.39, 0.29) is 5.91 Å². The second-order valence-corrected chi connectivity index (χ2v) is 4.60. The van der Waals surface area contributed by atoms with E-state index in [1.54, 1.807) is 4.90 Å². The summed E-state index contributed by atoms with van der Waals surface area (Å²) in [5.74, 6) is 0.177. The Morgan fingerprint density at radius 1 is 1.47 bits per heavy atom. The van der Waals surface area contributed by atoms with Crippen molar-refractivity contribution in [2.24, 2.45) is 5.73 Å². The van der Waals surface area contributed by atoms with E-state index >= 15 is 0 Å². The molecule has 0 bridgehead atoms. The molecule has 4 nitrogen and oxygen atoms in total. The Kier molecular flexibility index (Phi) is 3.45. The zero-order valence-corrected chi connectivity index (χ0v) is 10.4. The van der Waals surface area contributed by atoms with E-state index in [4.69, 9.17) is 5.73 Å². The van der Waals surface area contributed by atoms with Crippen LogP contribution in [0.25, 0.3) is 0 Å². The van der Waals surface area contributed by atoms with E-state index in [0.717, 1.165) is 24.2 Å². The van der Waals surface area contributed by atoms with Crippen molar-refractivity contribution in [2.75, 3.05) is 32.2 Å². The maximum atomic E-state index is 11.6. The van der Waals surface area contributed by atoms with Gasteiger partial charge in [0.15, 0.2) is 0 Å². The van der Waals surface area contributed by atoms with Crippen LogP contribution < -0.4 is 10.6 Å². The molecule has 17 heavy (non-hydrogen) atoms. The van der Waals surface area contributed by atoms with Crippen molar-refractivity contribution in [3.05, 3.63) is 29.3 Å². The minimum atomic E-state index is 0.177. The summed E-state index contributed by atoms with van der Waals surface area (Å²) in [7, 11) is 3.83. The molecule has 0 radical (unpaired) electrons. The summed E-state index contributed by atoms with van der Waals surface area (Å²) >= 11 is 0. The zero-order valence-electron chi connectivity index (χ0n) is 10.4. The highest BCUT2D eigenvalue weighted by atomic mass is 16.2. The number of fused-ring (bicyclic) bond motifs is 1. The molecule has 4 heteroatoms. The lowest BCUT2D eigenvalue weighted by Crippen LogP contribution is -2.27. The standard InChI is InChI=1S/C13H19N3O/c1-15(9-14)6-5-10-3-4-12-11(7-10)8-13(17)16(12)2/h3-4,7H,5-6,8-9,14H2,1-2H3. The number of hydrogen-bond acceptors (Lipinski definition) is 3. The lowest BCUT2D eigenvalue weighted by Gasteiger charge is -2.14. The molecule has 1 aromatic carbocycles. The molecule has 1 aliphatic rings. The molecule has 0 aromatic heterocycles. The molecule has 1 amide bonds. The van der Waals surface area contributed by atoms with Crippen LogP contribution in [0.15, 0.2) is 18.2 Å². The molecule has 0 saturated carbocycles. The Bertz CT molecular complexity index is 431. The summed E-state index contributed by atoms with van der Waals surface area (Å²) in [6.07, 6.45) is 1.51. The third kappa shape index (κ3) is 2.48. The summed E-state index contributed by atoms with van der Waals surface area (Å²) < 4.78 is 0. The van der Waals surface area contributed by atoms with Crippen molar-refractivity contribution in [3.8, 4) is 0 Å². The van der Waals surface area contributed by atoms with Crippen LogP contribution in [0.2, 0.25) is 0 Å². The molecule has 0 fully saturated rings. The third-order valence-corrected chi connectivity index (χ3v) is 3.31. The zero-order chi connectivity index (χ0) is 12.4. The van der Waals surface area contributed by atoms with Crippen LogP contribution in [0.4, 0.5) is 5.69 Å². The number of anilines is 1. The van der Waals surface area contributed by atoms with Crippen LogP contribution in [0, 0.1) is 0 Å². The fraction of sp³-hybridized carbons (Fsp3) is 0.462. The summed E-state index contributed by atoms with van der Waals surface area (Å²) in [5.41, 5.74) is 9.00. The van der Waals surface area contributed by atoms with Gasteiger partial charge in [0.2, 0.25) is 5.91 Å². The first-order chi connectivity index (χ1) is 8.11. The average Bonchev–Trinajstić information content (AvgIpc) is 2.62. The second kappa shape index (κ2) is 4.85. The van der Waals surface area contributed by atoms with Gasteiger partial charge < -0.3 is 10.6 Å². The lowest BCUT2D eigenvalue weighted by atomic mass is 10.1. The van der Waals surface area contributed by atoms with Crippen molar-refractivity contribution < 1.29 is 4.79 Å². The summed E-state index contributed by atoms with van der Waals surface area (Å²) in [4.78, 5) is 15.4. The van der Waals surface area contributed by atoms with E-state index in [1.807, 2.05) is 20.2 Å². The number of amides is 1. The number of nitrogens with two attached hydrogens (primary N) is 1. The Morgan fingerprint density at radius 3 is 2.94 bits per heavy atom. The van der Waals surface area contributed by atoms with Crippen molar-refractivity contribution in [1.82, 2.24) is 4.90 Å². The highest BCUT2D eigenvalue weighted by molar-refractivity contribution is 6.00. The Balaban J connectivity index is 2.08. The number of likely N-dealkylation sites (N-methyl/N-ethyl adjacent to an activating group) is 2. The topological polar surface area (TPSA) is 49.6 Å². The summed E-state index contributed by atoms with van der Waals surface area (Å²) in [5, 5.41) is 0. The maximum absolute atomic E-state index is 11.6. The lowest BCUT2D eigenvalue weighted by molar-refractivity contribution is -0.117. The SMILES string of the molecule is CN(CN)CCc1ccc2c(c1)CC(=O)N2C. The van der Waals surface area contributed by atoms with Crippen LogP contribution in [0.3, 0.4) is 0 Å². The number of carbonyl (C=O) groups excluding carboxylic acids is 1. The minimum absolute atomic E-state index is 0.177. The number of hydrogen-bond donors (Lipinski definition) is 1. The van der Waals surface area contributed by atoms with Gasteiger partial charge in [-0.1, -0.05) is 12.1 Å². The molecule has 1 heterocycles. The Morgan fingerprint density at radius 2 is 2.24 bits per heavy atom. The first-order valence-electron chi connectivity index (χ1n) is 5.89. The van der Waals surface area contributed by atoms with Crippen LogP contribution in [0.5, 0.6) is 0 Å². The van der Waals surface area contributed by atoms with Gasteiger partial charge in [0.05, 0.1) is 6.42 Å². The first kappa shape index (κ1) is 12.1. The number of carbonyl (C=O) groups is 1. The average molecular weight is 233 g/mol. The second-order valence-electron chi connectivity index (χ2n) is 4.60. The van der Waals surface area contributed by atoms with Gasteiger partial charge >= 0.3 is 0 Å². The van der Waals surface area contributed by atoms with Crippen LogP contribution in [-0.2, 0) is 17.6 Å². The predicted octanol–water partition coefficient (Wildman–Crippen LogP) is 0.596. The normalized spacial score (nSPS) is 14.6.